The Hall–Kier alpha value is -0.129. The van der Waals surface area contributed by atoms with Gasteiger partial charge in [-0.2, -0.15) is 0 Å². The molecule has 1 rings (SSSR count). The van der Waals surface area contributed by atoms with Crippen molar-refractivity contribution in [1.29, 1.82) is 0 Å². The Morgan fingerprint density at radius 3 is 2.31 bits per heavy atom. The summed E-state index contributed by atoms with van der Waals surface area (Å²) in [6, 6.07) is 9.10. The molecule has 1 aromatic carbocycles. The van der Waals surface area contributed by atoms with E-state index in [0.717, 1.165) is 0 Å². The molecule has 0 amide bonds. The smallest absolute Gasteiger partial charge is 0.0393 e. The topological polar surface area (TPSA) is 0 Å². The molecule has 1 aromatic rings. The molecular formula is C10H20Si3. The minimum Gasteiger partial charge on any atom is -0.0668 e. The highest BCUT2D eigenvalue weighted by atomic mass is 29.5. The standard InChI is InChI=1S/C10H20Si3/c1-10(2,3)8-6-4-5-7-9(8)12-13-11/h4-7H,12-13H2,1-3,11H3. The van der Waals surface area contributed by atoms with E-state index >= 15 is 0 Å². The van der Waals surface area contributed by atoms with Gasteiger partial charge < -0.3 is 0 Å². The van der Waals surface area contributed by atoms with Gasteiger partial charge in [-0.3, -0.25) is 0 Å². The Kier molecular flexibility index (Phi) is 3.70. The van der Waals surface area contributed by atoms with E-state index in [1.54, 1.807) is 10.8 Å². The summed E-state index contributed by atoms with van der Waals surface area (Å²) in [6.45, 7) is 6.98. The maximum Gasteiger partial charge on any atom is 0.0393 e. The fraction of sp³-hybridized carbons (Fsp3) is 0.400. The van der Waals surface area contributed by atoms with Gasteiger partial charge in [0, 0.05) is 9.04 Å². The number of benzene rings is 1. The van der Waals surface area contributed by atoms with Crippen molar-refractivity contribution in [3.05, 3.63) is 29.8 Å². The molecule has 0 aliphatic heterocycles. The fourth-order valence-corrected chi connectivity index (χ4v) is 11.3. The van der Waals surface area contributed by atoms with Crippen LogP contribution in [0.4, 0.5) is 0 Å². The first kappa shape index (κ1) is 10.9. The first-order chi connectivity index (χ1) is 6.05. The van der Waals surface area contributed by atoms with Crippen LogP contribution in [0.3, 0.4) is 0 Å². The lowest BCUT2D eigenvalue weighted by molar-refractivity contribution is 0.594. The van der Waals surface area contributed by atoms with Crippen LogP contribution in [0.2, 0.25) is 0 Å². The molecule has 13 heavy (non-hydrogen) atoms. The van der Waals surface area contributed by atoms with Crippen LogP contribution >= 0.6 is 0 Å². The lowest BCUT2D eigenvalue weighted by atomic mass is 9.87. The van der Waals surface area contributed by atoms with Crippen molar-refractivity contribution in [3.8, 4) is 0 Å². The van der Waals surface area contributed by atoms with Gasteiger partial charge in [0.15, 0.2) is 0 Å². The van der Waals surface area contributed by atoms with E-state index < -0.39 is 0 Å². The molecule has 0 heterocycles. The zero-order valence-corrected chi connectivity index (χ0v) is 14.1. The maximum atomic E-state index is 2.37. The van der Waals surface area contributed by atoms with Crippen LogP contribution in [0.5, 0.6) is 0 Å². The van der Waals surface area contributed by atoms with Crippen LogP contribution in [0.15, 0.2) is 24.3 Å². The molecule has 0 fully saturated rings. The van der Waals surface area contributed by atoms with Gasteiger partial charge in [0.25, 0.3) is 0 Å². The Balaban J connectivity index is 3.05. The van der Waals surface area contributed by atoms with E-state index in [2.05, 4.69) is 45.0 Å². The lowest BCUT2D eigenvalue weighted by Gasteiger charge is -2.22. The summed E-state index contributed by atoms with van der Waals surface area (Å²) in [5, 5.41) is 1.75. The van der Waals surface area contributed by atoms with Crippen LogP contribution in [0, 0.1) is 0 Å². The third kappa shape index (κ3) is 2.93. The molecule has 72 valence electrons. The molecule has 0 bridgehead atoms. The van der Waals surface area contributed by atoms with Gasteiger partial charge in [0.2, 0.25) is 0 Å². The van der Waals surface area contributed by atoms with E-state index in [1.165, 1.54) is 9.76 Å². The van der Waals surface area contributed by atoms with Crippen molar-refractivity contribution in [1.82, 2.24) is 0 Å². The van der Waals surface area contributed by atoms with Crippen LogP contribution in [-0.2, 0) is 5.41 Å². The molecule has 3 heteroatoms. The van der Waals surface area contributed by atoms with Gasteiger partial charge >= 0.3 is 0 Å². The van der Waals surface area contributed by atoms with Gasteiger partial charge in [-0.05, 0) is 29.3 Å². The Bertz CT molecular complexity index is 276. The molecule has 0 aliphatic rings. The summed E-state index contributed by atoms with van der Waals surface area (Å²) in [6.07, 6.45) is 0. The minimum atomic E-state index is 0.191. The van der Waals surface area contributed by atoms with Crippen LogP contribution in [-0.4, -0.2) is 27.4 Å². The number of hydrogen-bond acceptors (Lipinski definition) is 0. The number of hydrogen-bond donors (Lipinski definition) is 0. The van der Waals surface area contributed by atoms with Gasteiger partial charge in [0.1, 0.15) is 0 Å². The summed E-state index contributed by atoms with van der Waals surface area (Å²) >= 11 is 0. The molecule has 0 aliphatic carbocycles. The molecule has 0 atom stereocenters. The van der Waals surface area contributed by atoms with Gasteiger partial charge in [-0.1, -0.05) is 50.2 Å². The van der Waals surface area contributed by atoms with Crippen molar-refractivity contribution < 1.29 is 0 Å². The Morgan fingerprint density at radius 1 is 1.15 bits per heavy atom. The predicted molar refractivity (Wildman–Crippen MR) is 71.8 cm³/mol. The summed E-state index contributed by atoms with van der Waals surface area (Å²) < 4.78 is 0. The molecule has 0 saturated heterocycles. The molecule has 0 unspecified atom stereocenters. The first-order valence-corrected chi connectivity index (χ1v) is 15.5. The normalized spacial score (nSPS) is 13.8. The van der Waals surface area contributed by atoms with Crippen molar-refractivity contribution in [2.45, 2.75) is 26.2 Å². The maximum absolute atomic E-state index is 2.37. The minimum absolute atomic E-state index is 0.191. The highest BCUT2D eigenvalue weighted by molar-refractivity contribution is 7.27. The second-order valence-corrected chi connectivity index (χ2v) is 20.4. The lowest BCUT2D eigenvalue weighted by Crippen LogP contribution is -2.30. The first-order valence-electron chi connectivity index (χ1n) is 5.14. The van der Waals surface area contributed by atoms with Crippen molar-refractivity contribution >= 4 is 32.5 Å². The van der Waals surface area contributed by atoms with Gasteiger partial charge in [-0.15, -0.1) is 0 Å². The van der Waals surface area contributed by atoms with Crippen molar-refractivity contribution in [2.75, 3.05) is 0 Å². The number of rotatable bonds is 2. The van der Waals surface area contributed by atoms with E-state index in [-0.39, 0.29) is 9.04 Å². The molecular weight excluding hydrogens is 204 g/mol. The zero-order valence-electron chi connectivity index (χ0n) is 9.22. The predicted octanol–water partition coefficient (Wildman–Crippen LogP) is -0.858. The zero-order chi connectivity index (χ0) is 9.90. The Morgan fingerprint density at radius 2 is 1.77 bits per heavy atom. The second-order valence-electron chi connectivity index (χ2n) is 4.66. The molecule has 0 radical (unpaired) electrons. The van der Waals surface area contributed by atoms with E-state index in [1.807, 2.05) is 0 Å². The largest absolute Gasteiger partial charge is 0.0668 e. The Labute approximate surface area is 88.8 Å². The monoisotopic (exact) mass is 224 g/mol. The van der Waals surface area contributed by atoms with Crippen LogP contribution in [0.1, 0.15) is 26.3 Å². The highest BCUT2D eigenvalue weighted by Crippen LogP contribution is 2.19. The van der Waals surface area contributed by atoms with Crippen molar-refractivity contribution in [2.24, 2.45) is 0 Å². The van der Waals surface area contributed by atoms with Crippen LogP contribution < -0.4 is 5.19 Å². The van der Waals surface area contributed by atoms with Gasteiger partial charge in [0.05, 0.1) is 0 Å². The quantitative estimate of drug-likeness (QED) is 0.574. The summed E-state index contributed by atoms with van der Waals surface area (Å²) in [4.78, 5) is 0. The highest BCUT2D eigenvalue weighted by Gasteiger charge is 2.16. The molecule has 0 spiro atoms. The van der Waals surface area contributed by atoms with Crippen LogP contribution in [0.25, 0.3) is 0 Å². The molecule has 0 saturated carbocycles. The molecule has 0 N–H and O–H groups in total. The third-order valence-electron chi connectivity index (χ3n) is 2.34. The van der Waals surface area contributed by atoms with E-state index in [9.17, 15) is 0 Å². The third-order valence-corrected chi connectivity index (χ3v) is 11.6. The average Bonchev–Trinajstić information content (AvgIpc) is 2.04. The van der Waals surface area contributed by atoms with E-state index in [4.69, 9.17) is 0 Å². The summed E-state index contributed by atoms with van der Waals surface area (Å²) in [5.41, 5.74) is 1.97. The fourth-order valence-electron chi connectivity index (χ4n) is 1.74. The SMILES string of the molecule is CC(C)(C)c1ccccc1[SiH2][SiH2][SiH3]. The summed E-state index contributed by atoms with van der Waals surface area (Å²) in [7, 11) is 2.11. The van der Waals surface area contributed by atoms with E-state index in [0.29, 0.717) is 14.0 Å². The molecule has 0 aromatic heterocycles. The average molecular weight is 225 g/mol. The van der Waals surface area contributed by atoms with Gasteiger partial charge in [-0.25, -0.2) is 0 Å². The molecule has 0 nitrogen and oxygen atoms in total. The second kappa shape index (κ2) is 4.39. The van der Waals surface area contributed by atoms with Crippen molar-refractivity contribution in [3.63, 3.8) is 0 Å². The summed E-state index contributed by atoms with van der Waals surface area (Å²) in [5.74, 6) is 0.